The molecule has 0 bridgehead atoms. The van der Waals surface area contributed by atoms with E-state index in [0.717, 1.165) is 5.56 Å². The van der Waals surface area contributed by atoms with Gasteiger partial charge in [-0.25, -0.2) is 0 Å². The molecule has 1 aliphatic heterocycles. The minimum atomic E-state index is -0.294. The fourth-order valence-corrected chi connectivity index (χ4v) is 2.94. The van der Waals surface area contributed by atoms with Crippen LogP contribution in [0.25, 0.3) is 0 Å². The standard InChI is InChI=1S/C21H15ClN2O3/c1-12-2-8-19-17(10-12)24-21(26)16-11-15(7-9-18(16)27-19)23-20(25)13-3-5-14(22)6-4-13/h2-11H,1H3,(H,23,25)(H,24,26). The molecule has 2 amide bonds. The summed E-state index contributed by atoms with van der Waals surface area (Å²) >= 11 is 5.85. The van der Waals surface area contributed by atoms with E-state index in [1.165, 1.54) is 0 Å². The summed E-state index contributed by atoms with van der Waals surface area (Å²) in [5, 5.41) is 6.18. The zero-order valence-electron chi connectivity index (χ0n) is 14.4. The molecular weight excluding hydrogens is 364 g/mol. The summed E-state index contributed by atoms with van der Waals surface area (Å²) in [5.74, 6) is 0.419. The maximum atomic E-state index is 12.6. The van der Waals surface area contributed by atoms with Crippen molar-refractivity contribution in [3.63, 3.8) is 0 Å². The van der Waals surface area contributed by atoms with Crippen molar-refractivity contribution in [2.45, 2.75) is 6.92 Å². The minimum Gasteiger partial charge on any atom is -0.454 e. The van der Waals surface area contributed by atoms with Gasteiger partial charge in [0.25, 0.3) is 11.8 Å². The van der Waals surface area contributed by atoms with Gasteiger partial charge in [0, 0.05) is 16.3 Å². The SMILES string of the molecule is Cc1ccc2c(c1)NC(=O)c1cc(NC(=O)c3ccc(Cl)cc3)ccc1O2. The lowest BCUT2D eigenvalue weighted by Gasteiger charge is -2.10. The van der Waals surface area contributed by atoms with E-state index in [2.05, 4.69) is 10.6 Å². The van der Waals surface area contributed by atoms with Crippen molar-refractivity contribution in [2.24, 2.45) is 0 Å². The Morgan fingerprint density at radius 1 is 1.00 bits per heavy atom. The summed E-state index contributed by atoms with van der Waals surface area (Å²) in [5.41, 5.74) is 2.94. The predicted octanol–water partition coefficient (Wildman–Crippen LogP) is 5.26. The van der Waals surface area contributed by atoms with Gasteiger partial charge in [0.1, 0.15) is 5.75 Å². The quantitative estimate of drug-likeness (QED) is 0.639. The zero-order chi connectivity index (χ0) is 19.0. The van der Waals surface area contributed by atoms with E-state index in [0.29, 0.717) is 39.0 Å². The molecule has 5 nitrogen and oxygen atoms in total. The van der Waals surface area contributed by atoms with E-state index in [1.807, 2.05) is 25.1 Å². The zero-order valence-corrected chi connectivity index (χ0v) is 15.1. The van der Waals surface area contributed by atoms with Crippen molar-refractivity contribution in [1.82, 2.24) is 0 Å². The van der Waals surface area contributed by atoms with E-state index in [1.54, 1.807) is 42.5 Å². The number of hydrogen-bond acceptors (Lipinski definition) is 3. The summed E-state index contributed by atoms with van der Waals surface area (Å²) in [6.45, 7) is 1.94. The Morgan fingerprint density at radius 3 is 2.52 bits per heavy atom. The van der Waals surface area contributed by atoms with Crippen LogP contribution in [-0.4, -0.2) is 11.8 Å². The van der Waals surface area contributed by atoms with Gasteiger partial charge in [0.05, 0.1) is 11.3 Å². The molecule has 0 atom stereocenters. The second-order valence-electron chi connectivity index (χ2n) is 6.23. The number of fused-ring (bicyclic) bond motifs is 2. The van der Waals surface area contributed by atoms with Gasteiger partial charge in [0.15, 0.2) is 5.75 Å². The third kappa shape index (κ3) is 3.50. The van der Waals surface area contributed by atoms with Crippen LogP contribution in [0.4, 0.5) is 11.4 Å². The first-order valence-electron chi connectivity index (χ1n) is 8.30. The van der Waals surface area contributed by atoms with E-state index < -0.39 is 0 Å². The third-order valence-electron chi connectivity index (χ3n) is 4.19. The number of carbonyl (C=O) groups is 2. The smallest absolute Gasteiger partial charge is 0.259 e. The summed E-state index contributed by atoms with van der Waals surface area (Å²) in [4.78, 5) is 25.0. The third-order valence-corrected chi connectivity index (χ3v) is 4.44. The molecule has 0 saturated carbocycles. The fraction of sp³-hybridized carbons (Fsp3) is 0.0476. The number of rotatable bonds is 2. The average Bonchev–Trinajstić information content (AvgIpc) is 2.78. The summed E-state index contributed by atoms with van der Waals surface area (Å²) in [7, 11) is 0. The molecular formula is C21H15ClN2O3. The van der Waals surface area contributed by atoms with Gasteiger partial charge in [-0.1, -0.05) is 17.7 Å². The number of benzene rings is 3. The molecule has 4 rings (SSSR count). The molecule has 3 aromatic carbocycles. The van der Waals surface area contributed by atoms with Crippen LogP contribution in [0.3, 0.4) is 0 Å². The predicted molar refractivity (Wildman–Crippen MR) is 105 cm³/mol. The summed E-state index contributed by atoms with van der Waals surface area (Å²) in [6, 6.07) is 17.1. The van der Waals surface area contributed by atoms with Crippen LogP contribution in [0, 0.1) is 6.92 Å². The molecule has 0 saturated heterocycles. The maximum Gasteiger partial charge on any atom is 0.259 e. The molecule has 6 heteroatoms. The lowest BCUT2D eigenvalue weighted by atomic mass is 10.1. The van der Waals surface area contributed by atoms with Gasteiger partial charge in [-0.3, -0.25) is 9.59 Å². The van der Waals surface area contributed by atoms with Crippen LogP contribution < -0.4 is 15.4 Å². The van der Waals surface area contributed by atoms with Crippen LogP contribution in [0.2, 0.25) is 5.02 Å². The number of halogens is 1. The van der Waals surface area contributed by atoms with Gasteiger partial charge in [-0.2, -0.15) is 0 Å². The molecule has 0 aromatic heterocycles. The molecule has 1 heterocycles. The first-order valence-corrected chi connectivity index (χ1v) is 8.68. The molecule has 0 spiro atoms. The van der Waals surface area contributed by atoms with Gasteiger partial charge >= 0.3 is 0 Å². The number of amides is 2. The average molecular weight is 379 g/mol. The Bertz CT molecular complexity index is 1060. The van der Waals surface area contributed by atoms with E-state index in [4.69, 9.17) is 16.3 Å². The molecule has 0 aliphatic carbocycles. The molecule has 0 unspecified atom stereocenters. The Hall–Kier alpha value is -3.31. The number of ether oxygens (including phenoxy) is 1. The largest absolute Gasteiger partial charge is 0.454 e. The van der Waals surface area contributed by atoms with Crippen LogP contribution in [0.5, 0.6) is 11.5 Å². The van der Waals surface area contributed by atoms with Gasteiger partial charge in [-0.15, -0.1) is 0 Å². The lowest BCUT2D eigenvalue weighted by molar-refractivity contribution is 0.101. The van der Waals surface area contributed by atoms with Crippen molar-refractivity contribution in [3.05, 3.63) is 82.4 Å². The number of nitrogens with one attached hydrogen (secondary N) is 2. The molecule has 0 fully saturated rings. The maximum absolute atomic E-state index is 12.6. The minimum absolute atomic E-state index is 0.291. The summed E-state index contributed by atoms with van der Waals surface area (Å²) in [6.07, 6.45) is 0. The molecule has 27 heavy (non-hydrogen) atoms. The fourth-order valence-electron chi connectivity index (χ4n) is 2.82. The number of hydrogen-bond donors (Lipinski definition) is 2. The van der Waals surface area contributed by atoms with Gasteiger partial charge in [-0.05, 0) is 67.1 Å². The highest BCUT2D eigenvalue weighted by Gasteiger charge is 2.21. The van der Waals surface area contributed by atoms with Crippen molar-refractivity contribution >= 4 is 34.8 Å². The normalized spacial score (nSPS) is 12.1. The second-order valence-corrected chi connectivity index (χ2v) is 6.66. The first kappa shape index (κ1) is 17.1. The van der Waals surface area contributed by atoms with Crippen LogP contribution in [-0.2, 0) is 0 Å². The van der Waals surface area contributed by atoms with Crippen molar-refractivity contribution < 1.29 is 14.3 Å². The first-order chi connectivity index (χ1) is 13.0. The molecule has 1 aliphatic rings. The van der Waals surface area contributed by atoms with Crippen LogP contribution in [0.15, 0.2) is 60.7 Å². The Balaban J connectivity index is 1.61. The highest BCUT2D eigenvalue weighted by atomic mass is 35.5. The number of carbonyl (C=O) groups excluding carboxylic acids is 2. The lowest BCUT2D eigenvalue weighted by Crippen LogP contribution is -2.14. The van der Waals surface area contributed by atoms with Crippen LogP contribution >= 0.6 is 11.6 Å². The molecule has 0 radical (unpaired) electrons. The monoisotopic (exact) mass is 378 g/mol. The highest BCUT2D eigenvalue weighted by Crippen LogP contribution is 2.37. The number of aryl methyl sites for hydroxylation is 1. The second kappa shape index (κ2) is 6.78. The van der Waals surface area contributed by atoms with E-state index >= 15 is 0 Å². The number of anilines is 2. The van der Waals surface area contributed by atoms with E-state index in [9.17, 15) is 9.59 Å². The van der Waals surface area contributed by atoms with Crippen molar-refractivity contribution in [2.75, 3.05) is 10.6 Å². The molecule has 3 aromatic rings. The Kier molecular flexibility index (Phi) is 4.30. The highest BCUT2D eigenvalue weighted by molar-refractivity contribution is 6.30. The van der Waals surface area contributed by atoms with Gasteiger partial charge in [0.2, 0.25) is 0 Å². The van der Waals surface area contributed by atoms with Crippen molar-refractivity contribution in [1.29, 1.82) is 0 Å². The Morgan fingerprint density at radius 2 is 1.74 bits per heavy atom. The summed E-state index contributed by atoms with van der Waals surface area (Å²) < 4.78 is 5.87. The van der Waals surface area contributed by atoms with E-state index in [-0.39, 0.29) is 11.8 Å². The molecule has 134 valence electrons. The Labute approximate surface area is 160 Å². The van der Waals surface area contributed by atoms with Crippen LogP contribution in [0.1, 0.15) is 26.3 Å². The topological polar surface area (TPSA) is 67.4 Å². The molecule has 2 N–H and O–H groups in total. The van der Waals surface area contributed by atoms with Crippen molar-refractivity contribution in [3.8, 4) is 11.5 Å². The van der Waals surface area contributed by atoms with Gasteiger partial charge < -0.3 is 15.4 Å².